The van der Waals surface area contributed by atoms with E-state index < -0.39 is 0 Å². The molecule has 3 nitrogen and oxygen atoms in total. The average Bonchev–Trinajstić information content (AvgIpc) is 1.86. The van der Waals surface area contributed by atoms with E-state index in [1.165, 1.54) is 0 Å². The van der Waals surface area contributed by atoms with E-state index in [0.717, 1.165) is 13.2 Å². The summed E-state index contributed by atoms with van der Waals surface area (Å²) >= 11 is 0. The van der Waals surface area contributed by atoms with Gasteiger partial charge in [0.15, 0.2) is 6.35 Å². The highest BCUT2D eigenvalue weighted by Gasteiger charge is 2.05. The van der Waals surface area contributed by atoms with Crippen LogP contribution in [0.15, 0.2) is 0 Å². The van der Waals surface area contributed by atoms with Crippen LogP contribution in [0.2, 0.25) is 0 Å². The summed E-state index contributed by atoms with van der Waals surface area (Å²) in [6.45, 7) is 1.64. The molecule has 0 radical (unpaired) electrons. The Bertz CT molecular complexity index is 42.1. The zero-order valence-corrected chi connectivity index (χ0v) is 3.48. The lowest BCUT2D eigenvalue weighted by Gasteiger charge is -1.96. The monoisotopic (exact) mass is 88.1 g/mol. The van der Waals surface area contributed by atoms with Gasteiger partial charge >= 0.3 is 0 Å². The van der Waals surface area contributed by atoms with Gasteiger partial charge in [0.2, 0.25) is 0 Å². The third-order valence-electron chi connectivity index (χ3n) is 0.745. The molecule has 1 unspecified atom stereocenters. The summed E-state index contributed by atoms with van der Waals surface area (Å²) in [6, 6.07) is 0. The Morgan fingerprint density at radius 3 is 2.83 bits per heavy atom. The van der Waals surface area contributed by atoms with Gasteiger partial charge in [-0.25, -0.2) is 0 Å². The van der Waals surface area contributed by atoms with E-state index in [-0.39, 0.29) is 6.35 Å². The second kappa shape index (κ2) is 1.55. The molecule has 1 heterocycles. The lowest BCUT2D eigenvalue weighted by molar-refractivity contribution is 0.107. The number of nitrogens with two attached hydrogens (primary N) is 1. The molecule has 0 aromatic heterocycles. The number of hydrogen-bond donors (Lipinski definition) is 2. The highest BCUT2D eigenvalue weighted by molar-refractivity contribution is 4.53. The normalized spacial score (nSPS) is 34.5. The average molecular weight is 88.1 g/mol. The Labute approximate surface area is 36.5 Å². The van der Waals surface area contributed by atoms with Gasteiger partial charge in [0.25, 0.3) is 0 Å². The van der Waals surface area contributed by atoms with Crippen molar-refractivity contribution in [2.75, 3.05) is 13.2 Å². The molecule has 0 aromatic carbocycles. The van der Waals surface area contributed by atoms with E-state index in [9.17, 15) is 0 Å². The first kappa shape index (κ1) is 4.05. The molecule has 1 aliphatic heterocycles. The maximum Gasteiger partial charge on any atom is 0.161 e. The van der Waals surface area contributed by atoms with Crippen LogP contribution >= 0.6 is 0 Å². The fourth-order valence-corrected chi connectivity index (χ4v) is 0.446. The minimum Gasteiger partial charge on any atom is -0.349 e. The minimum absolute atomic E-state index is 0.204. The van der Waals surface area contributed by atoms with Crippen LogP contribution in [-0.2, 0) is 4.74 Å². The van der Waals surface area contributed by atoms with E-state index in [0.29, 0.717) is 0 Å². The van der Waals surface area contributed by atoms with Crippen molar-refractivity contribution < 1.29 is 4.74 Å². The van der Waals surface area contributed by atoms with E-state index >= 15 is 0 Å². The lowest BCUT2D eigenvalue weighted by atomic mass is 10.7. The van der Waals surface area contributed by atoms with Crippen molar-refractivity contribution in [2.45, 2.75) is 6.35 Å². The lowest BCUT2D eigenvalue weighted by Crippen LogP contribution is -2.31. The summed E-state index contributed by atoms with van der Waals surface area (Å²) in [7, 11) is 0. The van der Waals surface area contributed by atoms with Crippen LogP contribution in [0, 0.1) is 0 Å². The highest BCUT2D eigenvalue weighted by atomic mass is 16.5. The Morgan fingerprint density at radius 2 is 2.67 bits per heavy atom. The highest BCUT2D eigenvalue weighted by Crippen LogP contribution is 1.83. The van der Waals surface area contributed by atoms with Crippen molar-refractivity contribution in [1.82, 2.24) is 5.32 Å². The third-order valence-corrected chi connectivity index (χ3v) is 0.745. The molecule has 3 heteroatoms. The number of rotatable bonds is 0. The van der Waals surface area contributed by atoms with Crippen molar-refractivity contribution in [1.29, 1.82) is 0 Å². The fraction of sp³-hybridized carbons (Fsp3) is 1.00. The zero-order valence-electron chi connectivity index (χ0n) is 3.48. The Morgan fingerprint density at radius 1 is 1.83 bits per heavy atom. The van der Waals surface area contributed by atoms with Crippen molar-refractivity contribution in [3.05, 3.63) is 0 Å². The second-order valence-electron chi connectivity index (χ2n) is 1.25. The van der Waals surface area contributed by atoms with Gasteiger partial charge in [-0.15, -0.1) is 0 Å². The molecule has 3 N–H and O–H groups in total. The maximum atomic E-state index is 5.20. The van der Waals surface area contributed by atoms with Gasteiger partial charge < -0.3 is 4.74 Å². The SMILES string of the molecule is NC1NCCO1. The van der Waals surface area contributed by atoms with Crippen LogP contribution in [0.1, 0.15) is 0 Å². The van der Waals surface area contributed by atoms with Gasteiger partial charge in [-0.05, 0) is 0 Å². The largest absolute Gasteiger partial charge is 0.349 e. The van der Waals surface area contributed by atoms with Crippen molar-refractivity contribution in [3.8, 4) is 0 Å². The molecule has 1 aliphatic rings. The smallest absolute Gasteiger partial charge is 0.161 e. The van der Waals surface area contributed by atoms with Gasteiger partial charge in [-0.2, -0.15) is 0 Å². The molecule has 0 amide bonds. The first-order chi connectivity index (χ1) is 2.89. The van der Waals surface area contributed by atoms with E-state index in [4.69, 9.17) is 10.5 Å². The molecule has 0 aliphatic carbocycles. The minimum atomic E-state index is -0.204. The van der Waals surface area contributed by atoms with Crippen LogP contribution in [0.4, 0.5) is 0 Å². The molecular formula is C3H8N2O. The molecule has 6 heavy (non-hydrogen) atoms. The van der Waals surface area contributed by atoms with Gasteiger partial charge in [-0.3, -0.25) is 11.1 Å². The Hall–Kier alpha value is -0.120. The summed E-state index contributed by atoms with van der Waals surface area (Å²) in [5, 5.41) is 2.88. The maximum absolute atomic E-state index is 5.20. The Kier molecular flexibility index (Phi) is 1.05. The van der Waals surface area contributed by atoms with Crippen LogP contribution < -0.4 is 11.1 Å². The van der Waals surface area contributed by atoms with Gasteiger partial charge in [0.05, 0.1) is 6.61 Å². The van der Waals surface area contributed by atoms with Crippen molar-refractivity contribution in [2.24, 2.45) is 5.73 Å². The van der Waals surface area contributed by atoms with Gasteiger partial charge in [0, 0.05) is 6.54 Å². The zero-order chi connectivity index (χ0) is 4.41. The predicted octanol–water partition coefficient (Wildman–Crippen LogP) is -1.15. The molecular weight excluding hydrogens is 80.0 g/mol. The molecule has 1 saturated heterocycles. The number of hydrogen-bond acceptors (Lipinski definition) is 3. The molecule has 1 atom stereocenters. The quantitative estimate of drug-likeness (QED) is 0.393. The molecule has 0 spiro atoms. The van der Waals surface area contributed by atoms with Gasteiger partial charge in [-0.1, -0.05) is 0 Å². The third kappa shape index (κ3) is 0.680. The first-order valence-electron chi connectivity index (χ1n) is 2.00. The summed E-state index contributed by atoms with van der Waals surface area (Å²) in [6.07, 6.45) is -0.204. The summed E-state index contributed by atoms with van der Waals surface area (Å²) in [5.41, 5.74) is 5.20. The standard InChI is InChI=1S/C3H8N2O/c4-3-5-1-2-6-3/h3,5H,1-2,4H2. The predicted molar refractivity (Wildman–Crippen MR) is 21.9 cm³/mol. The fourth-order valence-electron chi connectivity index (χ4n) is 0.446. The first-order valence-corrected chi connectivity index (χ1v) is 2.00. The molecule has 36 valence electrons. The topological polar surface area (TPSA) is 47.3 Å². The van der Waals surface area contributed by atoms with E-state index in [2.05, 4.69) is 5.32 Å². The second-order valence-corrected chi connectivity index (χ2v) is 1.25. The van der Waals surface area contributed by atoms with E-state index in [1.54, 1.807) is 0 Å². The summed E-state index contributed by atoms with van der Waals surface area (Å²) < 4.78 is 4.82. The molecule has 1 fully saturated rings. The Balaban J connectivity index is 2.18. The van der Waals surface area contributed by atoms with Crippen LogP contribution in [0.5, 0.6) is 0 Å². The molecule has 1 rings (SSSR count). The number of ether oxygens (including phenoxy) is 1. The van der Waals surface area contributed by atoms with Gasteiger partial charge in [0.1, 0.15) is 0 Å². The summed E-state index contributed by atoms with van der Waals surface area (Å²) in [4.78, 5) is 0. The molecule has 0 saturated carbocycles. The van der Waals surface area contributed by atoms with Crippen molar-refractivity contribution >= 4 is 0 Å². The molecule has 0 aromatic rings. The molecule has 0 bridgehead atoms. The number of nitrogens with one attached hydrogen (secondary N) is 1. The van der Waals surface area contributed by atoms with Crippen LogP contribution in [0.25, 0.3) is 0 Å². The summed E-state index contributed by atoms with van der Waals surface area (Å²) in [5.74, 6) is 0. The van der Waals surface area contributed by atoms with E-state index in [1.807, 2.05) is 0 Å². The van der Waals surface area contributed by atoms with Crippen LogP contribution in [-0.4, -0.2) is 19.5 Å². The van der Waals surface area contributed by atoms with Crippen molar-refractivity contribution in [3.63, 3.8) is 0 Å². The van der Waals surface area contributed by atoms with Crippen LogP contribution in [0.3, 0.4) is 0 Å².